The predicted molar refractivity (Wildman–Crippen MR) is 168 cm³/mol. The third-order valence-corrected chi connectivity index (χ3v) is 9.15. The Balaban J connectivity index is 1.40. The predicted octanol–water partition coefficient (Wildman–Crippen LogP) is 6.68. The van der Waals surface area contributed by atoms with E-state index in [1.807, 2.05) is 31.2 Å². The van der Waals surface area contributed by atoms with Crippen LogP contribution in [0.2, 0.25) is 0 Å². The number of methoxy groups -OCH3 is 2. The number of pyridine rings is 1. The Labute approximate surface area is 257 Å². The summed E-state index contributed by atoms with van der Waals surface area (Å²) in [6, 6.07) is 20.3. The topological polar surface area (TPSA) is 94.0 Å². The smallest absolute Gasteiger partial charge is 0.308 e. The van der Waals surface area contributed by atoms with E-state index in [0.717, 1.165) is 44.6 Å². The molecule has 1 fully saturated rings. The number of benzene rings is 2. The molecule has 226 valence electrons. The number of thiazole rings is 1. The van der Waals surface area contributed by atoms with Crippen molar-refractivity contribution in [2.24, 2.45) is 5.92 Å². The van der Waals surface area contributed by atoms with Gasteiger partial charge >= 0.3 is 5.97 Å². The first-order valence-corrected chi connectivity index (χ1v) is 15.5. The molecule has 0 unspecified atom stereocenters. The van der Waals surface area contributed by atoms with E-state index in [-0.39, 0.29) is 11.9 Å². The highest BCUT2D eigenvalue weighted by atomic mass is 32.1. The molecule has 0 saturated heterocycles. The van der Waals surface area contributed by atoms with E-state index in [9.17, 15) is 9.90 Å². The van der Waals surface area contributed by atoms with Gasteiger partial charge in [0.1, 0.15) is 27.9 Å². The van der Waals surface area contributed by atoms with Gasteiger partial charge in [0.05, 0.1) is 37.3 Å². The highest BCUT2D eigenvalue weighted by molar-refractivity contribution is 7.15. The zero-order valence-electron chi connectivity index (χ0n) is 25.2. The number of aliphatic hydroxyl groups is 1. The van der Waals surface area contributed by atoms with Crippen LogP contribution < -0.4 is 14.4 Å². The first-order valence-electron chi connectivity index (χ1n) is 14.7. The quantitative estimate of drug-likeness (QED) is 0.190. The minimum Gasteiger partial charge on any atom is -0.497 e. The van der Waals surface area contributed by atoms with Crippen LogP contribution in [0.4, 0.5) is 5.82 Å². The number of hydrogen-bond acceptors (Lipinski definition) is 9. The molecule has 1 aliphatic carbocycles. The van der Waals surface area contributed by atoms with Crippen molar-refractivity contribution >= 4 is 23.1 Å². The van der Waals surface area contributed by atoms with Crippen LogP contribution in [-0.2, 0) is 28.2 Å². The van der Waals surface area contributed by atoms with Crippen molar-refractivity contribution in [3.8, 4) is 22.1 Å². The Bertz CT molecular complexity index is 1460. The minimum absolute atomic E-state index is 0.164. The summed E-state index contributed by atoms with van der Waals surface area (Å²) < 4.78 is 15.9. The van der Waals surface area contributed by atoms with Crippen LogP contribution in [0.1, 0.15) is 54.3 Å². The third-order valence-electron chi connectivity index (χ3n) is 7.93. The van der Waals surface area contributed by atoms with Crippen molar-refractivity contribution in [3.05, 3.63) is 88.6 Å². The fraction of sp³-hybridized carbons (Fsp3) is 0.382. The third kappa shape index (κ3) is 7.35. The van der Waals surface area contributed by atoms with Gasteiger partial charge in [-0.15, -0.1) is 11.3 Å². The molecule has 5 rings (SSSR count). The van der Waals surface area contributed by atoms with E-state index in [0.29, 0.717) is 50.4 Å². The SMILES string of the molecule is CCOC(=O)[C@H]1CC[C@](O)(c2ncc(-c3cc(C)cc(N(Cc4ccc(OC)cc4)Cc4ccc(OC)cc4)n3)s2)CC1. The molecule has 4 aromatic rings. The largest absolute Gasteiger partial charge is 0.497 e. The van der Waals surface area contributed by atoms with Gasteiger partial charge in [-0.05, 0) is 92.6 Å². The Kier molecular flexibility index (Phi) is 9.62. The first-order chi connectivity index (χ1) is 20.8. The van der Waals surface area contributed by atoms with Crippen molar-refractivity contribution in [3.63, 3.8) is 0 Å². The van der Waals surface area contributed by atoms with Gasteiger partial charge in [0.25, 0.3) is 0 Å². The molecular formula is C34H39N3O5S. The standard InChI is InChI=1S/C34H39N3O5S/c1-5-42-32(38)26-14-16-34(39,17-15-26)33-35-20-30(43-33)29-18-23(2)19-31(36-29)37(21-24-6-10-27(40-3)11-7-24)22-25-8-12-28(41-4)13-9-25/h6-13,18-20,26,39H,5,14-17,21-22H2,1-4H3/t26-,34+. The van der Waals surface area contributed by atoms with E-state index in [1.165, 1.54) is 11.3 Å². The molecule has 2 aromatic carbocycles. The van der Waals surface area contributed by atoms with Crippen LogP contribution in [0.5, 0.6) is 11.5 Å². The molecule has 2 aromatic heterocycles. The van der Waals surface area contributed by atoms with E-state index in [2.05, 4.69) is 53.2 Å². The summed E-state index contributed by atoms with van der Waals surface area (Å²) in [6.07, 6.45) is 3.94. The molecule has 0 radical (unpaired) electrons. The molecule has 1 N–H and O–H groups in total. The van der Waals surface area contributed by atoms with E-state index in [4.69, 9.17) is 19.2 Å². The molecule has 0 aliphatic heterocycles. The zero-order valence-corrected chi connectivity index (χ0v) is 26.0. The summed E-state index contributed by atoms with van der Waals surface area (Å²) >= 11 is 1.47. The monoisotopic (exact) mass is 601 g/mol. The molecule has 0 amide bonds. The molecule has 2 heterocycles. The van der Waals surface area contributed by atoms with Gasteiger partial charge in [0.15, 0.2) is 0 Å². The van der Waals surface area contributed by atoms with E-state index < -0.39 is 5.60 Å². The number of aromatic nitrogens is 2. The number of esters is 1. The highest BCUT2D eigenvalue weighted by Crippen LogP contribution is 2.43. The molecule has 8 nitrogen and oxygen atoms in total. The average Bonchev–Trinajstić information content (AvgIpc) is 3.53. The lowest BCUT2D eigenvalue weighted by Crippen LogP contribution is -2.34. The number of aryl methyl sites for hydroxylation is 1. The summed E-state index contributed by atoms with van der Waals surface area (Å²) in [5, 5.41) is 12.2. The average molecular weight is 602 g/mol. The number of carbonyl (C=O) groups excluding carboxylic acids is 1. The lowest BCUT2D eigenvalue weighted by atomic mass is 9.79. The van der Waals surface area contributed by atoms with Gasteiger partial charge in [-0.1, -0.05) is 24.3 Å². The van der Waals surface area contributed by atoms with Crippen LogP contribution in [0.25, 0.3) is 10.6 Å². The van der Waals surface area contributed by atoms with Crippen molar-refractivity contribution < 1.29 is 24.1 Å². The van der Waals surface area contributed by atoms with Crippen LogP contribution >= 0.6 is 11.3 Å². The second kappa shape index (κ2) is 13.6. The fourth-order valence-electron chi connectivity index (χ4n) is 5.47. The fourth-order valence-corrected chi connectivity index (χ4v) is 6.49. The molecule has 9 heteroatoms. The van der Waals surface area contributed by atoms with Crippen molar-refractivity contribution in [2.75, 3.05) is 25.7 Å². The van der Waals surface area contributed by atoms with Crippen LogP contribution in [-0.4, -0.2) is 41.9 Å². The highest BCUT2D eigenvalue weighted by Gasteiger charge is 2.40. The van der Waals surface area contributed by atoms with E-state index in [1.54, 1.807) is 20.4 Å². The number of ether oxygens (including phenoxy) is 3. The normalized spacial score (nSPS) is 18.2. The number of hydrogen-bond donors (Lipinski definition) is 1. The Morgan fingerprint density at radius 2 is 1.56 bits per heavy atom. The lowest BCUT2D eigenvalue weighted by Gasteiger charge is -2.33. The van der Waals surface area contributed by atoms with Gasteiger partial charge < -0.3 is 24.2 Å². The lowest BCUT2D eigenvalue weighted by molar-refractivity contribution is -0.151. The zero-order chi connectivity index (χ0) is 30.4. The number of anilines is 1. The maximum atomic E-state index is 12.2. The minimum atomic E-state index is -1.05. The summed E-state index contributed by atoms with van der Waals surface area (Å²) in [5.41, 5.74) is 3.13. The Morgan fingerprint density at radius 1 is 0.977 bits per heavy atom. The Hall–Kier alpha value is -3.95. The maximum Gasteiger partial charge on any atom is 0.308 e. The van der Waals surface area contributed by atoms with Crippen LogP contribution in [0.3, 0.4) is 0 Å². The van der Waals surface area contributed by atoms with Gasteiger partial charge in [0.2, 0.25) is 0 Å². The Morgan fingerprint density at radius 3 is 2.09 bits per heavy atom. The second-order valence-electron chi connectivity index (χ2n) is 11.0. The van der Waals surface area contributed by atoms with Crippen molar-refractivity contribution in [1.82, 2.24) is 9.97 Å². The van der Waals surface area contributed by atoms with Gasteiger partial charge in [0, 0.05) is 19.3 Å². The summed E-state index contributed by atoms with van der Waals surface area (Å²) in [6.45, 7) is 5.57. The molecular weight excluding hydrogens is 562 g/mol. The van der Waals surface area contributed by atoms with E-state index >= 15 is 0 Å². The molecule has 1 aliphatic rings. The van der Waals surface area contributed by atoms with Crippen molar-refractivity contribution in [1.29, 1.82) is 0 Å². The molecule has 0 bridgehead atoms. The van der Waals surface area contributed by atoms with Crippen LogP contribution in [0.15, 0.2) is 66.9 Å². The number of carbonyl (C=O) groups is 1. The second-order valence-corrected chi connectivity index (χ2v) is 12.1. The van der Waals surface area contributed by atoms with Gasteiger partial charge in [-0.3, -0.25) is 4.79 Å². The van der Waals surface area contributed by atoms with Crippen molar-refractivity contribution in [2.45, 2.75) is 58.2 Å². The molecule has 0 atom stereocenters. The van der Waals surface area contributed by atoms with Gasteiger partial charge in [-0.25, -0.2) is 9.97 Å². The number of rotatable bonds is 11. The number of nitrogens with zero attached hydrogens (tertiary/aromatic N) is 3. The first kappa shape index (κ1) is 30.5. The maximum absolute atomic E-state index is 12.2. The summed E-state index contributed by atoms with van der Waals surface area (Å²) in [7, 11) is 3.34. The molecule has 43 heavy (non-hydrogen) atoms. The van der Waals surface area contributed by atoms with Crippen LogP contribution in [0, 0.1) is 12.8 Å². The molecule has 0 spiro atoms. The summed E-state index contributed by atoms with van der Waals surface area (Å²) in [5.74, 6) is 2.15. The molecule has 1 saturated carbocycles. The summed E-state index contributed by atoms with van der Waals surface area (Å²) in [4.78, 5) is 25.1. The van der Waals surface area contributed by atoms with Gasteiger partial charge in [-0.2, -0.15) is 0 Å².